The van der Waals surface area contributed by atoms with Crippen molar-refractivity contribution in [1.82, 2.24) is 0 Å². The molecule has 0 heteroatoms. The molecule has 1 rings (SSSR count). The second-order valence-electron chi connectivity index (χ2n) is 3.80. The van der Waals surface area contributed by atoms with Crippen LogP contribution in [-0.2, 0) is 0 Å². The maximum absolute atomic E-state index is 4.02. The van der Waals surface area contributed by atoms with E-state index in [0.29, 0.717) is 0 Å². The molecule has 0 aliphatic carbocycles. The summed E-state index contributed by atoms with van der Waals surface area (Å²) < 4.78 is 0. The van der Waals surface area contributed by atoms with Gasteiger partial charge in [-0.15, -0.1) is 0 Å². The third-order valence-corrected chi connectivity index (χ3v) is 2.53. The minimum atomic E-state index is 1.02. The molecule has 0 saturated carbocycles. The number of hydrogen-bond donors (Lipinski definition) is 0. The van der Waals surface area contributed by atoms with E-state index in [-0.39, 0.29) is 0 Å². The van der Waals surface area contributed by atoms with Gasteiger partial charge in [0.05, 0.1) is 0 Å². The number of allylic oxidation sites excluding steroid dienone is 5. The Morgan fingerprint density at radius 1 is 1.25 bits per heavy atom. The van der Waals surface area contributed by atoms with E-state index in [1.165, 1.54) is 11.1 Å². The van der Waals surface area contributed by atoms with Gasteiger partial charge in [0, 0.05) is 0 Å². The number of aryl methyl sites for hydroxylation is 1. The van der Waals surface area contributed by atoms with Gasteiger partial charge in [0.25, 0.3) is 0 Å². The van der Waals surface area contributed by atoms with Gasteiger partial charge in [-0.3, -0.25) is 0 Å². The molecule has 0 unspecified atom stereocenters. The molecule has 0 saturated heterocycles. The summed E-state index contributed by atoms with van der Waals surface area (Å²) >= 11 is 0. The first-order valence-corrected chi connectivity index (χ1v) is 5.37. The topological polar surface area (TPSA) is 0 Å². The van der Waals surface area contributed by atoms with Gasteiger partial charge in [0.2, 0.25) is 0 Å². The molecule has 0 nitrogen and oxygen atoms in total. The van der Waals surface area contributed by atoms with Crippen LogP contribution in [0.2, 0.25) is 0 Å². The van der Waals surface area contributed by atoms with Crippen LogP contribution in [0.3, 0.4) is 0 Å². The summed E-state index contributed by atoms with van der Waals surface area (Å²) in [6, 6.07) is 8.30. The van der Waals surface area contributed by atoms with Crippen LogP contribution in [0.1, 0.15) is 18.1 Å². The summed E-state index contributed by atoms with van der Waals surface area (Å²) in [6.45, 7) is 11.8. The first kappa shape index (κ1) is 12.3. The summed E-state index contributed by atoms with van der Waals surface area (Å²) in [5.74, 6) is 0. The smallest absolute Gasteiger partial charge is 0.0227 e. The Morgan fingerprint density at radius 3 is 2.56 bits per heavy atom. The van der Waals surface area contributed by atoms with Crippen molar-refractivity contribution in [2.75, 3.05) is 0 Å². The maximum Gasteiger partial charge on any atom is -0.0227 e. The molecule has 0 amide bonds. The molecule has 0 heterocycles. The fourth-order valence-electron chi connectivity index (χ4n) is 1.38. The van der Waals surface area contributed by atoms with Gasteiger partial charge >= 0.3 is 0 Å². The molecule has 0 aliphatic rings. The molecular weight excluding hydrogens is 192 g/mol. The molecular formula is C16H18. The van der Waals surface area contributed by atoms with Crippen LogP contribution in [-0.4, -0.2) is 0 Å². The van der Waals surface area contributed by atoms with E-state index < -0.39 is 0 Å². The molecule has 1 aromatic carbocycles. The Hall–Kier alpha value is -1.82. The van der Waals surface area contributed by atoms with Gasteiger partial charge in [0.15, 0.2) is 0 Å². The first-order chi connectivity index (χ1) is 7.65. The van der Waals surface area contributed by atoms with Crippen LogP contribution < -0.4 is 0 Å². The van der Waals surface area contributed by atoms with Crippen molar-refractivity contribution in [1.29, 1.82) is 0 Å². The molecule has 1 aromatic rings. The third-order valence-electron chi connectivity index (χ3n) is 2.53. The molecule has 0 N–H and O–H groups in total. The lowest BCUT2D eigenvalue weighted by Crippen LogP contribution is -1.80. The van der Waals surface area contributed by atoms with Crippen LogP contribution in [0.15, 0.2) is 66.8 Å². The van der Waals surface area contributed by atoms with Gasteiger partial charge < -0.3 is 0 Å². The lowest BCUT2D eigenvalue weighted by molar-refractivity contribution is 1.43. The zero-order valence-corrected chi connectivity index (χ0v) is 10.0. The fraction of sp³-hybridized carbons (Fsp3) is 0.125. The maximum atomic E-state index is 4.02. The highest BCUT2D eigenvalue weighted by atomic mass is 14.0. The lowest BCUT2D eigenvalue weighted by atomic mass is 10.0. The first-order valence-electron chi connectivity index (χ1n) is 5.37. The molecule has 0 bridgehead atoms. The molecule has 82 valence electrons. The van der Waals surface area contributed by atoms with Gasteiger partial charge in [-0.1, -0.05) is 61.7 Å². The predicted molar refractivity (Wildman–Crippen MR) is 73.3 cm³/mol. The van der Waals surface area contributed by atoms with E-state index in [4.69, 9.17) is 0 Å². The van der Waals surface area contributed by atoms with E-state index in [9.17, 15) is 0 Å². The summed E-state index contributed by atoms with van der Waals surface area (Å²) in [7, 11) is 0. The lowest BCUT2D eigenvalue weighted by Gasteiger charge is -2.01. The quantitative estimate of drug-likeness (QED) is 0.632. The molecule has 0 atom stereocenters. The molecule has 0 aromatic heterocycles. The zero-order chi connectivity index (χ0) is 12.0. The zero-order valence-electron chi connectivity index (χ0n) is 10.0. The number of benzene rings is 1. The molecule has 0 spiro atoms. The minimum absolute atomic E-state index is 1.02. The Kier molecular flexibility index (Phi) is 4.53. The second-order valence-corrected chi connectivity index (χ2v) is 3.80. The highest BCUT2D eigenvalue weighted by Crippen LogP contribution is 2.13. The largest absolute Gasteiger partial charge is 0.0991 e. The van der Waals surface area contributed by atoms with E-state index in [2.05, 4.69) is 38.3 Å². The van der Waals surface area contributed by atoms with Crippen LogP contribution in [0.4, 0.5) is 0 Å². The van der Waals surface area contributed by atoms with Gasteiger partial charge in [-0.25, -0.2) is 0 Å². The van der Waals surface area contributed by atoms with Crippen LogP contribution in [0, 0.1) is 6.92 Å². The SMILES string of the molecule is C=C/C=C(/C)C(=C)/C=C/c1ccccc1C. The number of hydrogen-bond acceptors (Lipinski definition) is 0. The third kappa shape index (κ3) is 3.39. The minimum Gasteiger partial charge on any atom is -0.0991 e. The monoisotopic (exact) mass is 210 g/mol. The Bertz CT molecular complexity index is 445. The van der Waals surface area contributed by atoms with Crippen molar-refractivity contribution in [2.45, 2.75) is 13.8 Å². The Labute approximate surface area is 98.3 Å². The van der Waals surface area contributed by atoms with Gasteiger partial charge in [0.1, 0.15) is 0 Å². The summed E-state index contributed by atoms with van der Waals surface area (Å²) in [5, 5.41) is 0. The van der Waals surface area contributed by atoms with Crippen molar-refractivity contribution in [3.63, 3.8) is 0 Å². The van der Waals surface area contributed by atoms with Gasteiger partial charge in [-0.2, -0.15) is 0 Å². The summed E-state index contributed by atoms with van der Waals surface area (Å²) in [6.07, 6.45) is 7.88. The van der Waals surface area contributed by atoms with Crippen LogP contribution >= 0.6 is 0 Å². The van der Waals surface area contributed by atoms with E-state index in [1.807, 2.05) is 31.2 Å². The van der Waals surface area contributed by atoms with Crippen molar-refractivity contribution in [3.05, 3.63) is 77.9 Å². The van der Waals surface area contributed by atoms with Crippen LogP contribution in [0.25, 0.3) is 6.08 Å². The summed E-state index contributed by atoms with van der Waals surface area (Å²) in [5.41, 5.74) is 4.66. The van der Waals surface area contributed by atoms with Crippen molar-refractivity contribution in [2.24, 2.45) is 0 Å². The normalized spacial score (nSPS) is 11.8. The fourth-order valence-corrected chi connectivity index (χ4v) is 1.38. The highest BCUT2D eigenvalue weighted by molar-refractivity contribution is 5.58. The van der Waals surface area contributed by atoms with E-state index in [0.717, 1.165) is 11.1 Å². The van der Waals surface area contributed by atoms with E-state index in [1.54, 1.807) is 6.08 Å². The van der Waals surface area contributed by atoms with Crippen LogP contribution in [0.5, 0.6) is 0 Å². The van der Waals surface area contributed by atoms with E-state index >= 15 is 0 Å². The molecule has 16 heavy (non-hydrogen) atoms. The van der Waals surface area contributed by atoms with Crippen molar-refractivity contribution < 1.29 is 0 Å². The predicted octanol–water partition coefficient (Wildman–Crippen LogP) is 4.70. The molecule has 0 aliphatic heterocycles. The second kappa shape index (κ2) is 5.92. The Balaban J connectivity index is 2.82. The molecule has 0 radical (unpaired) electrons. The Morgan fingerprint density at radius 2 is 1.94 bits per heavy atom. The number of rotatable bonds is 4. The highest BCUT2D eigenvalue weighted by Gasteiger charge is 1.93. The summed E-state index contributed by atoms with van der Waals surface area (Å²) in [4.78, 5) is 0. The van der Waals surface area contributed by atoms with Crippen molar-refractivity contribution in [3.8, 4) is 0 Å². The van der Waals surface area contributed by atoms with Crippen molar-refractivity contribution >= 4 is 6.08 Å². The average molecular weight is 210 g/mol. The van der Waals surface area contributed by atoms with Gasteiger partial charge in [-0.05, 0) is 36.1 Å². The standard InChI is InChI=1S/C16H18/c1-5-8-13(2)14(3)11-12-16-10-7-6-9-15(16)4/h5-12H,1,3H2,2,4H3/b12-11+,13-8-. The average Bonchev–Trinajstić information content (AvgIpc) is 2.28. The molecule has 0 fully saturated rings.